The highest BCUT2D eigenvalue weighted by Gasteiger charge is 2.32. The zero-order valence-electron chi connectivity index (χ0n) is 18.4. The number of aromatic nitrogens is 1. The van der Waals surface area contributed by atoms with Gasteiger partial charge in [0.15, 0.2) is 0 Å². The van der Waals surface area contributed by atoms with Crippen LogP contribution in [0.25, 0.3) is 11.1 Å². The molecule has 0 saturated carbocycles. The van der Waals surface area contributed by atoms with Crippen molar-refractivity contribution in [1.82, 2.24) is 4.98 Å². The number of rotatable bonds is 7. The summed E-state index contributed by atoms with van der Waals surface area (Å²) in [4.78, 5) is 17.3. The van der Waals surface area contributed by atoms with Crippen LogP contribution in [0, 0.1) is 0 Å². The van der Waals surface area contributed by atoms with Gasteiger partial charge in [0.1, 0.15) is 0 Å². The molecule has 35 heavy (non-hydrogen) atoms. The molecule has 0 aliphatic carbocycles. The van der Waals surface area contributed by atoms with Crippen molar-refractivity contribution in [2.24, 2.45) is 0 Å². The Labute approximate surface area is 205 Å². The molecule has 2 N–H and O–H groups in total. The highest BCUT2D eigenvalue weighted by Crippen LogP contribution is 2.34. The summed E-state index contributed by atoms with van der Waals surface area (Å²) in [5.41, 5.74) is 2.03. The number of halogens is 4. The van der Waals surface area contributed by atoms with E-state index in [4.69, 9.17) is 11.6 Å². The number of carbonyl (C=O) groups is 1. The number of anilines is 2. The molecule has 1 heterocycles. The molecule has 0 unspecified atom stereocenters. The third kappa shape index (κ3) is 6.19. The lowest BCUT2D eigenvalue weighted by Crippen LogP contribution is -2.15. The van der Waals surface area contributed by atoms with E-state index in [0.29, 0.717) is 40.5 Å². The molecule has 0 fully saturated rings. The van der Waals surface area contributed by atoms with E-state index in [0.717, 1.165) is 17.8 Å². The van der Waals surface area contributed by atoms with Crippen LogP contribution in [0.5, 0.6) is 0 Å². The fourth-order valence-electron chi connectivity index (χ4n) is 3.58. The van der Waals surface area contributed by atoms with Crippen molar-refractivity contribution in [2.75, 3.05) is 17.2 Å². The standard InChI is InChI=1S/C27H21ClF3N3O/c28-24-17-21(10-12-25(24)33-15-13-20-8-4-5-14-32-20)34-26(35)23-16-19(27(29,30)31)9-11-22(23)18-6-2-1-3-7-18/h1-12,14,16-17,33H,13,15H2,(H,34,35). The first-order valence-corrected chi connectivity index (χ1v) is 11.2. The van der Waals surface area contributed by atoms with Crippen molar-refractivity contribution in [3.05, 3.63) is 113 Å². The minimum Gasteiger partial charge on any atom is -0.383 e. The fraction of sp³-hybridized carbons (Fsp3) is 0.111. The van der Waals surface area contributed by atoms with Crippen LogP contribution >= 0.6 is 11.6 Å². The summed E-state index contributed by atoms with van der Waals surface area (Å²) in [5, 5.41) is 6.26. The number of amides is 1. The van der Waals surface area contributed by atoms with Crippen molar-refractivity contribution in [2.45, 2.75) is 12.6 Å². The Kier molecular flexibility index (Phi) is 7.36. The molecule has 1 amide bonds. The molecule has 4 nitrogen and oxygen atoms in total. The minimum absolute atomic E-state index is 0.0836. The summed E-state index contributed by atoms with van der Waals surface area (Å²) < 4.78 is 40.0. The third-order valence-electron chi connectivity index (χ3n) is 5.33. The molecule has 0 radical (unpaired) electrons. The average molecular weight is 496 g/mol. The van der Waals surface area contributed by atoms with Crippen LogP contribution in [0.15, 0.2) is 91.1 Å². The van der Waals surface area contributed by atoms with Crippen LogP contribution in [0.1, 0.15) is 21.6 Å². The number of hydrogen-bond acceptors (Lipinski definition) is 3. The second-order valence-corrected chi connectivity index (χ2v) is 8.18. The number of pyridine rings is 1. The first-order chi connectivity index (χ1) is 16.8. The van der Waals surface area contributed by atoms with Gasteiger partial charge >= 0.3 is 6.18 Å². The molecular formula is C27H21ClF3N3O. The molecule has 3 aromatic carbocycles. The largest absolute Gasteiger partial charge is 0.416 e. The van der Waals surface area contributed by atoms with Crippen molar-refractivity contribution in [3.63, 3.8) is 0 Å². The lowest BCUT2D eigenvalue weighted by atomic mass is 9.96. The van der Waals surface area contributed by atoms with Gasteiger partial charge in [-0.25, -0.2) is 0 Å². The fourth-order valence-corrected chi connectivity index (χ4v) is 3.83. The van der Waals surface area contributed by atoms with Crippen LogP contribution in [-0.2, 0) is 12.6 Å². The lowest BCUT2D eigenvalue weighted by Gasteiger charge is -2.15. The highest BCUT2D eigenvalue weighted by atomic mass is 35.5. The number of nitrogens with one attached hydrogen (secondary N) is 2. The Morgan fingerprint density at radius 2 is 1.69 bits per heavy atom. The van der Waals surface area contributed by atoms with Crippen LogP contribution in [-0.4, -0.2) is 17.4 Å². The minimum atomic E-state index is -4.57. The maximum atomic E-state index is 13.3. The second kappa shape index (κ2) is 10.6. The number of nitrogens with zero attached hydrogens (tertiary/aromatic N) is 1. The van der Waals surface area contributed by atoms with E-state index in [2.05, 4.69) is 15.6 Å². The van der Waals surface area contributed by atoms with Gasteiger partial charge in [0.2, 0.25) is 0 Å². The Balaban J connectivity index is 1.52. The van der Waals surface area contributed by atoms with E-state index in [-0.39, 0.29) is 5.56 Å². The summed E-state index contributed by atoms with van der Waals surface area (Å²) >= 11 is 6.37. The number of carbonyl (C=O) groups excluding carboxylic acids is 1. The quantitative estimate of drug-likeness (QED) is 0.282. The van der Waals surface area contributed by atoms with E-state index < -0.39 is 17.6 Å². The highest BCUT2D eigenvalue weighted by molar-refractivity contribution is 6.33. The summed E-state index contributed by atoms with van der Waals surface area (Å²) in [5.74, 6) is -0.665. The van der Waals surface area contributed by atoms with Gasteiger partial charge in [0.05, 0.1) is 16.3 Å². The van der Waals surface area contributed by atoms with Gasteiger partial charge in [-0.05, 0) is 53.6 Å². The van der Waals surface area contributed by atoms with E-state index in [1.807, 2.05) is 18.2 Å². The van der Waals surface area contributed by atoms with Gasteiger partial charge in [0.25, 0.3) is 5.91 Å². The number of alkyl halides is 3. The summed E-state index contributed by atoms with van der Waals surface area (Å²) in [6, 6.07) is 22.5. The molecule has 0 aliphatic heterocycles. The SMILES string of the molecule is O=C(Nc1ccc(NCCc2ccccn2)c(Cl)c1)c1cc(C(F)(F)F)ccc1-c1ccccc1. The van der Waals surface area contributed by atoms with Crippen molar-refractivity contribution in [1.29, 1.82) is 0 Å². The van der Waals surface area contributed by atoms with Crippen molar-refractivity contribution < 1.29 is 18.0 Å². The molecule has 4 rings (SSSR count). The maximum absolute atomic E-state index is 13.3. The topological polar surface area (TPSA) is 54.0 Å². The predicted molar refractivity (Wildman–Crippen MR) is 133 cm³/mol. The molecule has 0 aliphatic rings. The Morgan fingerprint density at radius 3 is 2.37 bits per heavy atom. The van der Waals surface area contributed by atoms with Crippen LogP contribution in [0.4, 0.5) is 24.5 Å². The van der Waals surface area contributed by atoms with Crippen molar-refractivity contribution >= 4 is 28.9 Å². The van der Waals surface area contributed by atoms with Gasteiger partial charge in [-0.3, -0.25) is 9.78 Å². The number of benzene rings is 3. The maximum Gasteiger partial charge on any atom is 0.416 e. The van der Waals surface area contributed by atoms with Gasteiger partial charge in [-0.1, -0.05) is 54.1 Å². The van der Waals surface area contributed by atoms with Gasteiger partial charge in [-0.15, -0.1) is 0 Å². The zero-order valence-corrected chi connectivity index (χ0v) is 19.2. The first-order valence-electron chi connectivity index (χ1n) is 10.8. The Bertz CT molecular complexity index is 1310. The summed E-state index contributed by atoms with van der Waals surface area (Å²) in [7, 11) is 0. The Morgan fingerprint density at radius 1 is 0.914 bits per heavy atom. The van der Waals surface area contributed by atoms with Crippen LogP contribution in [0.3, 0.4) is 0 Å². The van der Waals surface area contributed by atoms with Gasteiger partial charge < -0.3 is 10.6 Å². The Hall–Kier alpha value is -3.84. The van der Waals surface area contributed by atoms with E-state index >= 15 is 0 Å². The molecule has 0 spiro atoms. The molecule has 8 heteroatoms. The van der Waals surface area contributed by atoms with E-state index in [1.54, 1.807) is 54.7 Å². The lowest BCUT2D eigenvalue weighted by molar-refractivity contribution is -0.137. The monoisotopic (exact) mass is 495 g/mol. The number of hydrogen-bond donors (Lipinski definition) is 2. The van der Waals surface area contributed by atoms with Crippen molar-refractivity contribution in [3.8, 4) is 11.1 Å². The predicted octanol–water partition coefficient (Wildman–Crippen LogP) is 7.33. The zero-order chi connectivity index (χ0) is 24.8. The molecule has 1 aromatic heterocycles. The van der Waals surface area contributed by atoms with Gasteiger partial charge in [-0.2, -0.15) is 13.2 Å². The first kappa shape index (κ1) is 24.3. The second-order valence-electron chi connectivity index (χ2n) is 7.77. The molecule has 4 aromatic rings. The normalized spacial score (nSPS) is 11.2. The smallest absolute Gasteiger partial charge is 0.383 e. The van der Waals surface area contributed by atoms with E-state index in [9.17, 15) is 18.0 Å². The van der Waals surface area contributed by atoms with Crippen LogP contribution < -0.4 is 10.6 Å². The average Bonchev–Trinajstić information content (AvgIpc) is 2.85. The van der Waals surface area contributed by atoms with Crippen LogP contribution in [0.2, 0.25) is 5.02 Å². The summed E-state index contributed by atoms with van der Waals surface area (Å²) in [6.07, 6.45) is -2.14. The molecule has 178 valence electrons. The summed E-state index contributed by atoms with van der Waals surface area (Å²) in [6.45, 7) is 0.604. The molecular weight excluding hydrogens is 475 g/mol. The van der Waals surface area contributed by atoms with E-state index in [1.165, 1.54) is 6.07 Å². The molecule has 0 bridgehead atoms. The van der Waals surface area contributed by atoms with Gasteiger partial charge in [0, 0.05) is 36.1 Å². The molecule has 0 saturated heterocycles. The third-order valence-corrected chi connectivity index (χ3v) is 5.64. The molecule has 0 atom stereocenters.